The lowest BCUT2D eigenvalue weighted by Gasteiger charge is -2.18. The van der Waals surface area contributed by atoms with Crippen LogP contribution in [0, 0.1) is 0 Å². The molecule has 0 amide bonds. The van der Waals surface area contributed by atoms with Gasteiger partial charge in [-0.1, -0.05) is 20.3 Å². The minimum atomic E-state index is 0.251. The Morgan fingerprint density at radius 3 is 2.88 bits per heavy atom. The minimum absolute atomic E-state index is 0.251. The van der Waals surface area contributed by atoms with Crippen molar-refractivity contribution in [1.82, 2.24) is 10.3 Å². The lowest BCUT2D eigenvalue weighted by molar-refractivity contribution is 0.186. The first kappa shape index (κ1) is 13.0. The number of hydrogen-bond acceptors (Lipinski definition) is 3. The number of ether oxygens (including phenoxy) is 1. The summed E-state index contributed by atoms with van der Waals surface area (Å²) in [7, 11) is 0. The summed E-state index contributed by atoms with van der Waals surface area (Å²) in [6.07, 6.45) is 7.15. The molecule has 1 heterocycles. The number of aromatic nitrogens is 1. The molecule has 1 N–H and O–H groups in total. The van der Waals surface area contributed by atoms with E-state index in [1.807, 2.05) is 12.1 Å². The molecule has 0 saturated heterocycles. The highest BCUT2D eigenvalue weighted by atomic mass is 16.5. The van der Waals surface area contributed by atoms with Crippen LogP contribution < -0.4 is 10.1 Å². The van der Waals surface area contributed by atoms with Crippen LogP contribution in [0.15, 0.2) is 24.5 Å². The SMILES string of the molecule is CCCNCC(CCC)Oc1cccnc1. The molecule has 1 unspecified atom stereocenters. The fourth-order valence-corrected chi connectivity index (χ4v) is 1.57. The number of nitrogens with one attached hydrogen (secondary N) is 1. The van der Waals surface area contributed by atoms with Gasteiger partial charge in [0.2, 0.25) is 0 Å². The zero-order chi connectivity index (χ0) is 11.6. The smallest absolute Gasteiger partial charge is 0.138 e. The number of pyridine rings is 1. The van der Waals surface area contributed by atoms with Crippen molar-refractivity contribution in [2.24, 2.45) is 0 Å². The molecule has 0 bridgehead atoms. The summed E-state index contributed by atoms with van der Waals surface area (Å²) in [5.74, 6) is 0.860. The van der Waals surface area contributed by atoms with Gasteiger partial charge in [-0.25, -0.2) is 0 Å². The van der Waals surface area contributed by atoms with Gasteiger partial charge in [0.15, 0.2) is 0 Å². The van der Waals surface area contributed by atoms with E-state index in [1.165, 1.54) is 0 Å². The third kappa shape index (κ3) is 5.12. The van der Waals surface area contributed by atoms with Gasteiger partial charge in [0, 0.05) is 12.7 Å². The quantitative estimate of drug-likeness (QED) is 0.687. The molecule has 16 heavy (non-hydrogen) atoms. The predicted octanol–water partition coefficient (Wildman–Crippen LogP) is 2.63. The van der Waals surface area contributed by atoms with E-state index in [9.17, 15) is 0 Å². The Hall–Kier alpha value is -1.09. The molecule has 0 fully saturated rings. The van der Waals surface area contributed by atoms with Crippen LogP contribution in [0.5, 0.6) is 5.75 Å². The molecule has 1 atom stereocenters. The molecular formula is C13H22N2O. The van der Waals surface area contributed by atoms with Gasteiger partial charge in [-0.2, -0.15) is 0 Å². The molecule has 3 heteroatoms. The highest BCUT2D eigenvalue weighted by Gasteiger charge is 2.08. The Balaban J connectivity index is 2.38. The second kappa shape index (κ2) is 8.11. The Morgan fingerprint density at radius 2 is 2.25 bits per heavy atom. The van der Waals surface area contributed by atoms with Gasteiger partial charge in [-0.05, 0) is 31.5 Å². The van der Waals surface area contributed by atoms with E-state index in [0.717, 1.165) is 38.1 Å². The van der Waals surface area contributed by atoms with Gasteiger partial charge < -0.3 is 10.1 Å². The molecule has 1 aromatic heterocycles. The van der Waals surface area contributed by atoms with Crippen LogP contribution in [0.25, 0.3) is 0 Å². The number of nitrogens with zero attached hydrogens (tertiary/aromatic N) is 1. The van der Waals surface area contributed by atoms with E-state index < -0.39 is 0 Å². The van der Waals surface area contributed by atoms with E-state index in [0.29, 0.717) is 0 Å². The van der Waals surface area contributed by atoms with Gasteiger partial charge in [-0.15, -0.1) is 0 Å². The number of hydrogen-bond donors (Lipinski definition) is 1. The van der Waals surface area contributed by atoms with Gasteiger partial charge in [0.05, 0.1) is 6.20 Å². The van der Waals surface area contributed by atoms with Crippen LogP contribution in [-0.4, -0.2) is 24.2 Å². The van der Waals surface area contributed by atoms with E-state index in [1.54, 1.807) is 12.4 Å². The molecule has 0 aliphatic rings. The first-order valence-corrected chi connectivity index (χ1v) is 6.14. The monoisotopic (exact) mass is 222 g/mol. The highest BCUT2D eigenvalue weighted by Crippen LogP contribution is 2.11. The van der Waals surface area contributed by atoms with Gasteiger partial charge >= 0.3 is 0 Å². The van der Waals surface area contributed by atoms with E-state index in [-0.39, 0.29) is 6.10 Å². The molecule has 0 aliphatic carbocycles. The van der Waals surface area contributed by atoms with Crippen molar-refractivity contribution in [2.75, 3.05) is 13.1 Å². The molecule has 1 aromatic rings. The summed E-state index contributed by atoms with van der Waals surface area (Å²) in [4.78, 5) is 4.05. The molecule has 3 nitrogen and oxygen atoms in total. The zero-order valence-electron chi connectivity index (χ0n) is 10.3. The summed E-state index contributed by atoms with van der Waals surface area (Å²) in [5.41, 5.74) is 0. The van der Waals surface area contributed by atoms with Gasteiger partial charge in [0.25, 0.3) is 0 Å². The lowest BCUT2D eigenvalue weighted by atomic mass is 10.2. The molecule has 0 radical (unpaired) electrons. The van der Waals surface area contributed by atoms with Crippen LogP contribution in [0.4, 0.5) is 0 Å². The van der Waals surface area contributed by atoms with Crippen molar-refractivity contribution in [1.29, 1.82) is 0 Å². The second-order valence-electron chi connectivity index (χ2n) is 3.92. The van der Waals surface area contributed by atoms with Crippen molar-refractivity contribution in [3.63, 3.8) is 0 Å². The molecule has 0 aliphatic heterocycles. The topological polar surface area (TPSA) is 34.1 Å². The highest BCUT2D eigenvalue weighted by molar-refractivity contribution is 5.15. The maximum atomic E-state index is 5.88. The van der Waals surface area contributed by atoms with Crippen molar-refractivity contribution in [3.05, 3.63) is 24.5 Å². The second-order valence-corrected chi connectivity index (χ2v) is 3.92. The van der Waals surface area contributed by atoms with Crippen LogP contribution in [0.1, 0.15) is 33.1 Å². The molecular weight excluding hydrogens is 200 g/mol. The third-order valence-corrected chi connectivity index (χ3v) is 2.35. The molecule has 90 valence electrons. The first-order valence-electron chi connectivity index (χ1n) is 6.14. The van der Waals surface area contributed by atoms with Crippen molar-refractivity contribution >= 4 is 0 Å². The van der Waals surface area contributed by atoms with Crippen LogP contribution in [-0.2, 0) is 0 Å². The van der Waals surface area contributed by atoms with E-state index >= 15 is 0 Å². The summed E-state index contributed by atoms with van der Waals surface area (Å²) in [5, 5.41) is 3.39. The van der Waals surface area contributed by atoms with Crippen molar-refractivity contribution < 1.29 is 4.74 Å². The molecule has 0 saturated carbocycles. The van der Waals surface area contributed by atoms with Crippen LogP contribution in [0.2, 0.25) is 0 Å². The summed E-state index contributed by atoms with van der Waals surface area (Å²) in [6, 6.07) is 3.85. The van der Waals surface area contributed by atoms with Gasteiger partial charge in [0.1, 0.15) is 11.9 Å². The Bertz CT molecular complexity index is 264. The Labute approximate surface area is 98.2 Å². The first-order chi connectivity index (χ1) is 7.86. The fourth-order valence-electron chi connectivity index (χ4n) is 1.57. The molecule has 0 aromatic carbocycles. The maximum absolute atomic E-state index is 5.88. The summed E-state index contributed by atoms with van der Waals surface area (Å²) < 4.78 is 5.88. The molecule has 1 rings (SSSR count). The zero-order valence-corrected chi connectivity index (χ0v) is 10.3. The van der Waals surface area contributed by atoms with Crippen molar-refractivity contribution in [3.8, 4) is 5.75 Å². The average molecular weight is 222 g/mol. The van der Waals surface area contributed by atoms with Crippen molar-refractivity contribution in [2.45, 2.75) is 39.2 Å². The van der Waals surface area contributed by atoms with Crippen LogP contribution >= 0.6 is 0 Å². The standard InChI is InChI=1S/C13H22N2O/c1-3-6-12(10-14-8-4-2)16-13-7-5-9-15-11-13/h5,7,9,11-12,14H,3-4,6,8,10H2,1-2H3. The summed E-state index contributed by atoms with van der Waals surface area (Å²) >= 11 is 0. The fraction of sp³-hybridized carbons (Fsp3) is 0.615. The number of rotatable bonds is 8. The lowest BCUT2D eigenvalue weighted by Crippen LogP contribution is -2.31. The molecule has 0 spiro atoms. The largest absolute Gasteiger partial charge is 0.487 e. The normalized spacial score (nSPS) is 12.4. The maximum Gasteiger partial charge on any atom is 0.138 e. The van der Waals surface area contributed by atoms with E-state index in [4.69, 9.17) is 4.74 Å². The Kier molecular flexibility index (Phi) is 6.58. The third-order valence-electron chi connectivity index (χ3n) is 2.35. The minimum Gasteiger partial charge on any atom is -0.487 e. The predicted molar refractivity (Wildman–Crippen MR) is 66.7 cm³/mol. The Morgan fingerprint density at radius 1 is 1.38 bits per heavy atom. The van der Waals surface area contributed by atoms with Crippen LogP contribution in [0.3, 0.4) is 0 Å². The van der Waals surface area contributed by atoms with Gasteiger partial charge in [-0.3, -0.25) is 4.98 Å². The summed E-state index contributed by atoms with van der Waals surface area (Å²) in [6.45, 7) is 6.32. The van der Waals surface area contributed by atoms with E-state index in [2.05, 4.69) is 24.1 Å². The average Bonchev–Trinajstić information content (AvgIpc) is 2.31.